The fourth-order valence-corrected chi connectivity index (χ4v) is 5.60. The van der Waals surface area contributed by atoms with Crippen LogP contribution in [0.1, 0.15) is 53.2 Å². The van der Waals surface area contributed by atoms with Crippen molar-refractivity contribution in [3.8, 4) is 11.5 Å². The number of allylic oxidation sites excluding steroid dienone is 2. The Kier molecular flexibility index (Phi) is 9.24. The molecular formula is C25H41O5PSi. The van der Waals surface area contributed by atoms with E-state index < -0.39 is 15.2 Å². The Morgan fingerprint density at radius 3 is 2.47 bits per heavy atom. The van der Waals surface area contributed by atoms with Gasteiger partial charge in [0, 0.05) is 25.4 Å². The molecule has 32 heavy (non-hydrogen) atoms. The van der Waals surface area contributed by atoms with Crippen LogP contribution in [0.15, 0.2) is 11.6 Å². The molecule has 1 heterocycles. The lowest BCUT2D eigenvalue weighted by molar-refractivity contribution is 0.0532. The summed E-state index contributed by atoms with van der Waals surface area (Å²) in [7, 11) is -1.55. The molecule has 0 unspecified atom stereocenters. The Hall–Kier alpha value is -1.52. The zero-order valence-corrected chi connectivity index (χ0v) is 23.1. The third-order valence-electron chi connectivity index (χ3n) is 5.90. The number of fused-ring (bicyclic) bond motifs is 1. The van der Waals surface area contributed by atoms with Crippen molar-refractivity contribution in [3.05, 3.63) is 33.9 Å². The maximum atomic E-state index is 12.6. The van der Waals surface area contributed by atoms with E-state index in [1.165, 1.54) is 5.57 Å². The summed E-state index contributed by atoms with van der Waals surface area (Å²) in [5.74, 6) is 1.11. The summed E-state index contributed by atoms with van der Waals surface area (Å²) >= 11 is 0. The normalized spacial score (nSPS) is 14.4. The standard InChI is InChI=1S/C25H41O5PSi/c1-18(11-9-10-15-31(4,5)27)12-13-20-23(28-3)19(2)21-17-30-25(26)22(21)24(20)29-14-16-32(6,7)8/h12H,9-11,13-17H2,1-8H3/b18-12+. The molecule has 0 radical (unpaired) electrons. The van der Waals surface area contributed by atoms with Crippen LogP contribution in [0.2, 0.25) is 25.7 Å². The smallest absolute Gasteiger partial charge is 0.342 e. The van der Waals surface area contributed by atoms with Crippen molar-refractivity contribution < 1.29 is 23.6 Å². The zero-order valence-electron chi connectivity index (χ0n) is 21.2. The molecular weight excluding hydrogens is 439 g/mol. The Morgan fingerprint density at radius 1 is 1.19 bits per heavy atom. The molecule has 1 aliphatic heterocycles. The lowest BCUT2D eigenvalue weighted by Gasteiger charge is -2.21. The Balaban J connectivity index is 2.29. The van der Waals surface area contributed by atoms with Gasteiger partial charge >= 0.3 is 5.97 Å². The highest BCUT2D eigenvalue weighted by molar-refractivity contribution is 7.62. The van der Waals surface area contributed by atoms with Crippen LogP contribution in [0.5, 0.6) is 11.5 Å². The first-order valence-electron chi connectivity index (χ1n) is 11.6. The molecule has 0 fully saturated rings. The first-order chi connectivity index (χ1) is 14.8. The maximum Gasteiger partial charge on any atom is 0.342 e. The molecule has 2 rings (SSSR count). The molecule has 0 aliphatic carbocycles. The van der Waals surface area contributed by atoms with E-state index in [9.17, 15) is 9.36 Å². The van der Waals surface area contributed by atoms with Crippen molar-refractivity contribution in [2.75, 3.05) is 33.2 Å². The largest absolute Gasteiger partial charge is 0.496 e. The van der Waals surface area contributed by atoms with E-state index in [1.54, 1.807) is 7.11 Å². The first kappa shape index (κ1) is 26.7. The molecule has 0 aromatic heterocycles. The molecule has 7 heteroatoms. The van der Waals surface area contributed by atoms with E-state index in [2.05, 4.69) is 32.6 Å². The number of ether oxygens (including phenoxy) is 3. The lowest BCUT2D eigenvalue weighted by atomic mass is 9.94. The Bertz CT molecular complexity index is 908. The summed E-state index contributed by atoms with van der Waals surface area (Å²) in [5.41, 5.74) is 4.60. The van der Waals surface area contributed by atoms with Crippen LogP contribution >= 0.6 is 7.14 Å². The van der Waals surface area contributed by atoms with Crippen LogP contribution in [0.4, 0.5) is 0 Å². The highest BCUT2D eigenvalue weighted by atomic mass is 31.2. The van der Waals surface area contributed by atoms with Crippen molar-refractivity contribution in [2.24, 2.45) is 0 Å². The van der Waals surface area contributed by atoms with Crippen LogP contribution in [0, 0.1) is 6.92 Å². The van der Waals surface area contributed by atoms with Gasteiger partial charge in [-0.05, 0) is 64.5 Å². The third-order valence-corrected chi connectivity index (χ3v) is 8.99. The minimum absolute atomic E-state index is 0.272. The summed E-state index contributed by atoms with van der Waals surface area (Å²) in [6.45, 7) is 15.6. The minimum Gasteiger partial charge on any atom is -0.496 e. The molecule has 0 atom stereocenters. The van der Waals surface area contributed by atoms with Gasteiger partial charge < -0.3 is 18.8 Å². The summed E-state index contributed by atoms with van der Waals surface area (Å²) in [6.07, 6.45) is 6.62. The number of carbonyl (C=O) groups excluding carboxylic acids is 1. The molecule has 5 nitrogen and oxygen atoms in total. The maximum absolute atomic E-state index is 12.6. The van der Waals surface area contributed by atoms with E-state index in [0.29, 0.717) is 24.3 Å². The van der Waals surface area contributed by atoms with Crippen LogP contribution < -0.4 is 9.47 Å². The van der Waals surface area contributed by atoms with Gasteiger partial charge in [0.05, 0.1) is 20.9 Å². The monoisotopic (exact) mass is 480 g/mol. The summed E-state index contributed by atoms with van der Waals surface area (Å²) < 4.78 is 29.3. The van der Waals surface area contributed by atoms with E-state index in [0.717, 1.165) is 53.9 Å². The van der Waals surface area contributed by atoms with Gasteiger partial charge in [-0.3, -0.25) is 0 Å². The predicted octanol–water partition coefficient (Wildman–Crippen LogP) is 6.67. The second kappa shape index (κ2) is 11.1. The van der Waals surface area contributed by atoms with Crippen LogP contribution in [0.25, 0.3) is 0 Å². The molecule has 0 saturated heterocycles. The molecule has 0 bridgehead atoms. The minimum atomic E-state index is -1.94. The number of unbranched alkanes of at least 4 members (excludes halogenated alkanes) is 1. The fraction of sp³-hybridized carbons (Fsp3) is 0.640. The molecule has 1 aromatic carbocycles. The quantitative estimate of drug-likeness (QED) is 0.110. The average molecular weight is 481 g/mol. The summed E-state index contributed by atoms with van der Waals surface area (Å²) in [4.78, 5) is 12.6. The zero-order chi connectivity index (χ0) is 24.1. The number of hydrogen-bond donors (Lipinski definition) is 0. The fourth-order valence-electron chi connectivity index (χ4n) is 3.90. The van der Waals surface area contributed by atoms with Gasteiger partial charge in [-0.25, -0.2) is 4.79 Å². The molecule has 1 aromatic rings. The third kappa shape index (κ3) is 7.52. The highest BCUT2D eigenvalue weighted by Crippen LogP contribution is 2.43. The number of esters is 1. The average Bonchev–Trinajstić information content (AvgIpc) is 3.06. The predicted molar refractivity (Wildman–Crippen MR) is 136 cm³/mol. The second-order valence-electron chi connectivity index (χ2n) is 10.6. The lowest BCUT2D eigenvalue weighted by Crippen LogP contribution is -2.23. The Morgan fingerprint density at radius 2 is 1.88 bits per heavy atom. The number of rotatable bonds is 12. The molecule has 180 valence electrons. The first-order valence-corrected chi connectivity index (χ1v) is 18.1. The summed E-state index contributed by atoms with van der Waals surface area (Å²) in [5, 5.41) is 0. The molecule has 0 amide bonds. The van der Waals surface area contributed by atoms with Crippen molar-refractivity contribution in [1.82, 2.24) is 0 Å². The summed E-state index contributed by atoms with van der Waals surface area (Å²) in [6, 6.07) is 1.01. The van der Waals surface area contributed by atoms with Gasteiger partial charge in [0.2, 0.25) is 0 Å². The van der Waals surface area contributed by atoms with Crippen LogP contribution in [-0.2, 0) is 22.3 Å². The van der Waals surface area contributed by atoms with E-state index in [1.807, 2.05) is 20.3 Å². The van der Waals surface area contributed by atoms with Gasteiger partial charge in [-0.2, -0.15) is 0 Å². The van der Waals surface area contributed by atoms with E-state index in [4.69, 9.17) is 14.2 Å². The van der Waals surface area contributed by atoms with E-state index >= 15 is 0 Å². The topological polar surface area (TPSA) is 61.8 Å². The van der Waals surface area contributed by atoms with Crippen molar-refractivity contribution in [1.29, 1.82) is 0 Å². The van der Waals surface area contributed by atoms with Crippen LogP contribution in [0.3, 0.4) is 0 Å². The van der Waals surface area contributed by atoms with E-state index in [-0.39, 0.29) is 12.6 Å². The molecule has 0 spiro atoms. The van der Waals surface area contributed by atoms with Crippen molar-refractivity contribution >= 4 is 21.2 Å². The second-order valence-corrected chi connectivity index (χ2v) is 19.8. The number of methoxy groups -OCH3 is 1. The van der Waals surface area contributed by atoms with Crippen LogP contribution in [-0.4, -0.2) is 47.3 Å². The van der Waals surface area contributed by atoms with Gasteiger partial charge in [-0.1, -0.05) is 31.3 Å². The number of hydrogen-bond acceptors (Lipinski definition) is 5. The molecule has 1 aliphatic rings. The van der Waals surface area contributed by atoms with Gasteiger partial charge in [0.1, 0.15) is 23.7 Å². The number of benzene rings is 1. The SMILES string of the molecule is COc1c(C)c2c(c(OCC[Si](C)(C)C)c1C/C=C(\C)CCCCP(C)(C)=O)C(=O)OC2. The molecule has 0 saturated carbocycles. The van der Waals surface area contributed by atoms with Gasteiger partial charge in [0.25, 0.3) is 0 Å². The van der Waals surface area contributed by atoms with Gasteiger partial charge in [0.15, 0.2) is 0 Å². The number of cyclic esters (lactones) is 1. The van der Waals surface area contributed by atoms with Crippen molar-refractivity contribution in [2.45, 2.75) is 71.8 Å². The van der Waals surface area contributed by atoms with Gasteiger partial charge in [-0.15, -0.1) is 0 Å². The van der Waals surface area contributed by atoms with Crippen molar-refractivity contribution in [3.63, 3.8) is 0 Å². The molecule has 0 N–H and O–H groups in total. The number of carbonyl (C=O) groups is 1. The highest BCUT2D eigenvalue weighted by Gasteiger charge is 2.33. The Labute approximate surface area is 195 Å².